The fraction of sp³-hybridized carbons (Fsp3) is 0.333. The Morgan fingerprint density at radius 3 is 2.95 bits per heavy atom. The lowest BCUT2D eigenvalue weighted by molar-refractivity contribution is 0.318. The van der Waals surface area contributed by atoms with E-state index in [1.54, 1.807) is 0 Å². The molecule has 0 fully saturated rings. The Hall–Kier alpha value is -2.34. The second-order valence-electron chi connectivity index (χ2n) is 4.92. The zero-order valence-electron chi connectivity index (χ0n) is 12.4. The van der Waals surface area contributed by atoms with Crippen LogP contribution in [0.2, 0.25) is 0 Å². The van der Waals surface area contributed by atoms with E-state index in [-0.39, 0.29) is 5.84 Å². The first-order chi connectivity index (χ1) is 10.1. The molecule has 0 aliphatic carbocycles. The number of rotatable bonds is 6. The van der Waals surface area contributed by atoms with Gasteiger partial charge in [0.05, 0.1) is 5.69 Å². The van der Waals surface area contributed by atoms with Crippen LogP contribution in [0.4, 0.5) is 0 Å². The zero-order valence-corrected chi connectivity index (χ0v) is 12.4. The lowest BCUT2D eigenvalue weighted by Gasteiger charge is -2.06. The molecular weight excluding hydrogens is 266 g/mol. The minimum Gasteiger partial charge on any atom is -0.409 e. The van der Waals surface area contributed by atoms with Crippen LogP contribution in [0.15, 0.2) is 35.6 Å². The number of benzene rings is 1. The number of oxime groups is 1. The van der Waals surface area contributed by atoms with Gasteiger partial charge in [0.15, 0.2) is 5.84 Å². The van der Waals surface area contributed by atoms with Gasteiger partial charge in [-0.25, -0.2) is 0 Å². The summed E-state index contributed by atoms with van der Waals surface area (Å²) in [4.78, 5) is 0. The van der Waals surface area contributed by atoms with Crippen LogP contribution >= 0.6 is 0 Å². The third-order valence-corrected chi connectivity index (χ3v) is 3.30. The van der Waals surface area contributed by atoms with Gasteiger partial charge >= 0.3 is 0 Å². The van der Waals surface area contributed by atoms with Crippen LogP contribution in [0, 0.1) is 0 Å². The maximum atomic E-state index is 8.70. The van der Waals surface area contributed by atoms with Crippen LogP contribution in [0.25, 0.3) is 0 Å². The molecule has 0 unspecified atom stereocenters. The number of nitrogens with two attached hydrogens (primary N) is 1. The molecule has 6 nitrogen and oxygen atoms in total. The topological polar surface area (TPSA) is 88.5 Å². The monoisotopic (exact) mass is 287 g/mol. The Balaban J connectivity index is 1.97. The first-order valence-electron chi connectivity index (χ1n) is 6.93. The smallest absolute Gasteiger partial charge is 0.170 e. The second-order valence-corrected chi connectivity index (χ2v) is 4.92. The lowest BCUT2D eigenvalue weighted by Crippen LogP contribution is -2.16. The Morgan fingerprint density at radius 2 is 2.24 bits per heavy atom. The average molecular weight is 287 g/mol. The summed E-state index contributed by atoms with van der Waals surface area (Å²) in [5.41, 5.74) is 9.73. The van der Waals surface area contributed by atoms with E-state index in [1.807, 2.05) is 42.2 Å². The number of aromatic nitrogens is 2. The van der Waals surface area contributed by atoms with Crippen LogP contribution < -0.4 is 11.1 Å². The molecule has 1 aromatic heterocycles. The highest BCUT2D eigenvalue weighted by molar-refractivity contribution is 5.97. The molecule has 0 aliphatic rings. The number of nitrogens with zero attached hydrogens (tertiary/aromatic N) is 3. The fourth-order valence-corrected chi connectivity index (χ4v) is 2.27. The van der Waals surface area contributed by atoms with E-state index in [0.717, 1.165) is 24.2 Å². The zero-order chi connectivity index (χ0) is 15.2. The Kier molecular flexibility index (Phi) is 4.94. The van der Waals surface area contributed by atoms with Crippen LogP contribution in [-0.2, 0) is 26.6 Å². The van der Waals surface area contributed by atoms with E-state index in [2.05, 4.69) is 22.5 Å². The van der Waals surface area contributed by atoms with Crippen molar-refractivity contribution in [3.63, 3.8) is 0 Å². The van der Waals surface area contributed by atoms with Crippen molar-refractivity contribution in [3.05, 3.63) is 52.8 Å². The summed E-state index contributed by atoms with van der Waals surface area (Å²) < 4.78 is 1.84. The predicted molar refractivity (Wildman–Crippen MR) is 82.1 cm³/mol. The van der Waals surface area contributed by atoms with E-state index in [0.29, 0.717) is 12.1 Å². The number of nitrogens with one attached hydrogen (secondary N) is 1. The highest BCUT2D eigenvalue weighted by Gasteiger charge is 2.05. The molecule has 2 rings (SSSR count). The van der Waals surface area contributed by atoms with Crippen molar-refractivity contribution in [2.75, 3.05) is 0 Å². The van der Waals surface area contributed by atoms with E-state index in [4.69, 9.17) is 10.9 Å². The van der Waals surface area contributed by atoms with Gasteiger partial charge in [-0.05, 0) is 18.1 Å². The van der Waals surface area contributed by atoms with Gasteiger partial charge < -0.3 is 16.3 Å². The molecule has 0 radical (unpaired) electrons. The Bertz CT molecular complexity index is 633. The molecule has 21 heavy (non-hydrogen) atoms. The molecule has 0 spiro atoms. The van der Waals surface area contributed by atoms with Crippen LogP contribution in [-0.4, -0.2) is 20.8 Å². The molecule has 0 amide bonds. The predicted octanol–water partition coefficient (Wildman–Crippen LogP) is 1.37. The van der Waals surface area contributed by atoms with Gasteiger partial charge in [0.2, 0.25) is 0 Å². The SMILES string of the molecule is CCc1nn(C)cc1CNCc1cccc(/C(N)=N/O)c1. The number of aryl methyl sites for hydroxylation is 2. The molecular formula is C15H21N5O. The molecule has 1 heterocycles. The van der Waals surface area contributed by atoms with Crippen molar-refractivity contribution in [3.8, 4) is 0 Å². The highest BCUT2D eigenvalue weighted by atomic mass is 16.4. The van der Waals surface area contributed by atoms with Crippen LogP contribution in [0.3, 0.4) is 0 Å². The summed E-state index contributed by atoms with van der Waals surface area (Å²) >= 11 is 0. The van der Waals surface area contributed by atoms with Crippen molar-refractivity contribution >= 4 is 5.84 Å². The summed E-state index contributed by atoms with van der Waals surface area (Å²) in [6, 6.07) is 7.62. The van der Waals surface area contributed by atoms with Gasteiger partial charge in [-0.15, -0.1) is 0 Å². The maximum absolute atomic E-state index is 8.70. The summed E-state index contributed by atoms with van der Waals surface area (Å²) in [6.07, 6.45) is 2.97. The largest absolute Gasteiger partial charge is 0.409 e. The van der Waals surface area contributed by atoms with Gasteiger partial charge in [-0.1, -0.05) is 30.3 Å². The van der Waals surface area contributed by atoms with Gasteiger partial charge in [-0.2, -0.15) is 5.10 Å². The molecule has 4 N–H and O–H groups in total. The highest BCUT2D eigenvalue weighted by Crippen LogP contribution is 2.08. The number of hydrogen-bond donors (Lipinski definition) is 3. The molecule has 1 aromatic carbocycles. The van der Waals surface area contributed by atoms with E-state index >= 15 is 0 Å². The van der Waals surface area contributed by atoms with E-state index in [9.17, 15) is 0 Å². The summed E-state index contributed by atoms with van der Waals surface area (Å²) in [5.74, 6) is 0.123. The molecule has 0 atom stereocenters. The summed E-state index contributed by atoms with van der Waals surface area (Å²) in [6.45, 7) is 3.59. The molecule has 0 saturated heterocycles. The summed E-state index contributed by atoms with van der Waals surface area (Å²) in [5, 5.41) is 19.5. The summed E-state index contributed by atoms with van der Waals surface area (Å²) in [7, 11) is 1.93. The average Bonchev–Trinajstić information content (AvgIpc) is 2.87. The molecule has 6 heteroatoms. The molecule has 0 bridgehead atoms. The van der Waals surface area contributed by atoms with Gasteiger partial charge in [0.1, 0.15) is 0 Å². The molecule has 2 aromatic rings. The standard InChI is InChI=1S/C15H21N5O/c1-3-14-13(10-20(2)18-14)9-17-8-11-5-4-6-12(7-11)15(16)19-21/h4-7,10,17,21H,3,8-9H2,1-2H3,(H2,16,19). The third kappa shape index (κ3) is 3.82. The maximum Gasteiger partial charge on any atom is 0.170 e. The van der Waals surface area contributed by atoms with Crippen LogP contribution in [0.1, 0.15) is 29.3 Å². The lowest BCUT2D eigenvalue weighted by atomic mass is 10.1. The van der Waals surface area contributed by atoms with Crippen molar-refractivity contribution < 1.29 is 5.21 Å². The normalized spacial score (nSPS) is 11.8. The van der Waals surface area contributed by atoms with Gasteiger partial charge in [0, 0.05) is 37.5 Å². The molecule has 112 valence electrons. The van der Waals surface area contributed by atoms with Crippen molar-refractivity contribution in [1.82, 2.24) is 15.1 Å². The molecule has 0 aliphatic heterocycles. The quantitative estimate of drug-likeness (QED) is 0.324. The minimum absolute atomic E-state index is 0.123. The van der Waals surface area contributed by atoms with Crippen LogP contribution in [0.5, 0.6) is 0 Å². The van der Waals surface area contributed by atoms with E-state index < -0.39 is 0 Å². The van der Waals surface area contributed by atoms with Crippen molar-refractivity contribution in [2.45, 2.75) is 26.4 Å². The van der Waals surface area contributed by atoms with Gasteiger partial charge in [-0.3, -0.25) is 4.68 Å². The molecule has 0 saturated carbocycles. The van der Waals surface area contributed by atoms with Crippen molar-refractivity contribution in [1.29, 1.82) is 0 Å². The van der Waals surface area contributed by atoms with Gasteiger partial charge in [0.25, 0.3) is 0 Å². The number of amidine groups is 1. The third-order valence-electron chi connectivity index (χ3n) is 3.30. The first-order valence-corrected chi connectivity index (χ1v) is 6.93. The fourth-order valence-electron chi connectivity index (χ4n) is 2.27. The van der Waals surface area contributed by atoms with Crippen molar-refractivity contribution in [2.24, 2.45) is 17.9 Å². The Labute approximate surface area is 124 Å². The minimum atomic E-state index is 0.123. The van der Waals surface area contributed by atoms with E-state index in [1.165, 1.54) is 5.56 Å². The number of hydrogen-bond acceptors (Lipinski definition) is 4. The second kappa shape index (κ2) is 6.90. The Morgan fingerprint density at radius 1 is 1.43 bits per heavy atom. The first kappa shape index (κ1) is 15.1.